The van der Waals surface area contributed by atoms with Crippen LogP contribution in [0.1, 0.15) is 25.3 Å². The molecule has 1 aliphatic rings. The minimum absolute atomic E-state index is 0.758. The molecule has 2 nitrogen and oxygen atoms in total. The van der Waals surface area contributed by atoms with Crippen molar-refractivity contribution in [3.63, 3.8) is 0 Å². The zero-order chi connectivity index (χ0) is 12.1. The molecule has 0 aliphatic heterocycles. The lowest BCUT2D eigenvalue weighted by atomic mass is 10.2. The molecule has 94 valence electrons. The molecule has 0 heterocycles. The van der Waals surface area contributed by atoms with Crippen LogP contribution in [-0.4, -0.2) is 31.1 Å². The van der Waals surface area contributed by atoms with Crippen LogP contribution in [0.2, 0.25) is 0 Å². The molecule has 1 N–H and O–H groups in total. The van der Waals surface area contributed by atoms with Crippen LogP contribution >= 0.6 is 0 Å². The molecule has 0 amide bonds. The average molecular weight is 232 g/mol. The Bertz CT molecular complexity index is 319. The van der Waals surface area contributed by atoms with Gasteiger partial charge < -0.3 is 10.2 Å². The molecular weight excluding hydrogens is 208 g/mol. The summed E-state index contributed by atoms with van der Waals surface area (Å²) in [6.07, 6.45) is 2.87. The summed E-state index contributed by atoms with van der Waals surface area (Å²) in [5, 5.41) is 3.51. The SMILES string of the molecule is CC(C1CC1)N(C)CCNCc1ccccc1. The number of hydrogen-bond acceptors (Lipinski definition) is 2. The van der Waals surface area contributed by atoms with E-state index in [0.29, 0.717) is 0 Å². The monoisotopic (exact) mass is 232 g/mol. The fourth-order valence-corrected chi connectivity index (χ4v) is 2.23. The quantitative estimate of drug-likeness (QED) is 0.727. The third kappa shape index (κ3) is 4.14. The van der Waals surface area contributed by atoms with Crippen LogP contribution < -0.4 is 5.32 Å². The average Bonchev–Trinajstić information content (AvgIpc) is 3.19. The number of rotatable bonds is 7. The summed E-state index contributed by atoms with van der Waals surface area (Å²) in [7, 11) is 2.24. The van der Waals surface area contributed by atoms with Gasteiger partial charge in [-0.15, -0.1) is 0 Å². The predicted octanol–water partition coefficient (Wildman–Crippen LogP) is 2.51. The van der Waals surface area contributed by atoms with Gasteiger partial charge in [-0.3, -0.25) is 0 Å². The van der Waals surface area contributed by atoms with Crippen molar-refractivity contribution in [2.24, 2.45) is 5.92 Å². The van der Waals surface area contributed by atoms with Gasteiger partial charge in [0.15, 0.2) is 0 Å². The van der Waals surface area contributed by atoms with Gasteiger partial charge >= 0.3 is 0 Å². The van der Waals surface area contributed by atoms with Crippen LogP contribution in [0.25, 0.3) is 0 Å². The topological polar surface area (TPSA) is 15.3 Å². The Morgan fingerprint density at radius 2 is 2.00 bits per heavy atom. The first-order valence-corrected chi connectivity index (χ1v) is 6.72. The van der Waals surface area contributed by atoms with Gasteiger partial charge in [-0.1, -0.05) is 30.3 Å². The maximum absolute atomic E-state index is 3.51. The summed E-state index contributed by atoms with van der Waals surface area (Å²) in [5.41, 5.74) is 1.37. The van der Waals surface area contributed by atoms with Crippen molar-refractivity contribution < 1.29 is 0 Å². The van der Waals surface area contributed by atoms with E-state index in [1.54, 1.807) is 0 Å². The Hall–Kier alpha value is -0.860. The summed E-state index contributed by atoms with van der Waals surface area (Å²) < 4.78 is 0. The summed E-state index contributed by atoms with van der Waals surface area (Å²) in [4.78, 5) is 2.48. The van der Waals surface area contributed by atoms with Gasteiger partial charge in [0.25, 0.3) is 0 Å². The van der Waals surface area contributed by atoms with Crippen LogP contribution in [0.4, 0.5) is 0 Å². The number of likely N-dealkylation sites (N-methyl/N-ethyl adjacent to an activating group) is 1. The second kappa shape index (κ2) is 6.18. The molecule has 17 heavy (non-hydrogen) atoms. The molecule has 0 saturated heterocycles. The highest BCUT2D eigenvalue weighted by Gasteiger charge is 2.29. The molecule has 1 unspecified atom stereocenters. The summed E-state index contributed by atoms with van der Waals surface area (Å²) >= 11 is 0. The Balaban J connectivity index is 1.59. The maximum Gasteiger partial charge on any atom is 0.0206 e. The van der Waals surface area contributed by atoms with Crippen LogP contribution in [0, 0.1) is 5.92 Å². The van der Waals surface area contributed by atoms with E-state index in [9.17, 15) is 0 Å². The van der Waals surface area contributed by atoms with E-state index < -0.39 is 0 Å². The summed E-state index contributed by atoms with van der Waals surface area (Å²) in [6.45, 7) is 5.55. The van der Waals surface area contributed by atoms with E-state index in [1.165, 1.54) is 18.4 Å². The fourth-order valence-electron chi connectivity index (χ4n) is 2.23. The normalized spacial score (nSPS) is 17.4. The second-order valence-corrected chi connectivity index (χ2v) is 5.22. The van der Waals surface area contributed by atoms with E-state index >= 15 is 0 Å². The molecule has 2 rings (SSSR count). The fraction of sp³-hybridized carbons (Fsp3) is 0.600. The highest BCUT2D eigenvalue weighted by molar-refractivity contribution is 5.14. The lowest BCUT2D eigenvalue weighted by Crippen LogP contribution is -2.36. The van der Waals surface area contributed by atoms with Gasteiger partial charge in [0.05, 0.1) is 0 Å². The maximum atomic E-state index is 3.51. The van der Waals surface area contributed by atoms with E-state index in [1.807, 2.05) is 0 Å². The van der Waals surface area contributed by atoms with Crippen molar-refractivity contribution in [1.82, 2.24) is 10.2 Å². The van der Waals surface area contributed by atoms with E-state index in [4.69, 9.17) is 0 Å². The van der Waals surface area contributed by atoms with Crippen LogP contribution in [0.3, 0.4) is 0 Å². The molecular formula is C15H24N2. The zero-order valence-electron chi connectivity index (χ0n) is 11.0. The van der Waals surface area contributed by atoms with Gasteiger partial charge in [-0.2, -0.15) is 0 Å². The molecule has 1 saturated carbocycles. The second-order valence-electron chi connectivity index (χ2n) is 5.22. The minimum atomic E-state index is 0.758. The minimum Gasteiger partial charge on any atom is -0.311 e. The van der Waals surface area contributed by atoms with Gasteiger partial charge in [0, 0.05) is 25.7 Å². The Morgan fingerprint density at radius 1 is 1.29 bits per heavy atom. The number of nitrogens with zero attached hydrogens (tertiary/aromatic N) is 1. The van der Waals surface area contributed by atoms with Crippen molar-refractivity contribution in [2.45, 2.75) is 32.4 Å². The molecule has 1 aromatic rings. The number of benzene rings is 1. The molecule has 0 radical (unpaired) electrons. The molecule has 1 fully saturated rings. The van der Waals surface area contributed by atoms with E-state index in [0.717, 1.165) is 31.6 Å². The van der Waals surface area contributed by atoms with Crippen molar-refractivity contribution >= 4 is 0 Å². The number of hydrogen-bond donors (Lipinski definition) is 1. The molecule has 0 aromatic heterocycles. The largest absolute Gasteiger partial charge is 0.311 e. The smallest absolute Gasteiger partial charge is 0.0206 e. The van der Waals surface area contributed by atoms with Crippen molar-refractivity contribution in [3.8, 4) is 0 Å². The molecule has 2 heteroatoms. The molecule has 1 aromatic carbocycles. The molecule has 0 spiro atoms. The van der Waals surface area contributed by atoms with Gasteiger partial charge in [0.2, 0.25) is 0 Å². The van der Waals surface area contributed by atoms with E-state index in [-0.39, 0.29) is 0 Å². The first kappa shape index (κ1) is 12.6. The van der Waals surface area contributed by atoms with Crippen LogP contribution in [0.15, 0.2) is 30.3 Å². The van der Waals surface area contributed by atoms with E-state index in [2.05, 4.69) is 54.5 Å². The third-order valence-corrected chi connectivity index (χ3v) is 3.81. The molecule has 0 bridgehead atoms. The van der Waals surface area contributed by atoms with Crippen LogP contribution in [0.5, 0.6) is 0 Å². The highest BCUT2D eigenvalue weighted by Crippen LogP contribution is 2.34. The van der Waals surface area contributed by atoms with Gasteiger partial charge in [-0.25, -0.2) is 0 Å². The Kier molecular flexibility index (Phi) is 4.57. The van der Waals surface area contributed by atoms with Gasteiger partial charge in [0.1, 0.15) is 0 Å². The standard InChI is InChI=1S/C15H24N2/c1-13(15-8-9-15)17(2)11-10-16-12-14-6-4-3-5-7-14/h3-7,13,15-16H,8-12H2,1-2H3. The highest BCUT2D eigenvalue weighted by atomic mass is 15.1. The van der Waals surface area contributed by atoms with Crippen LogP contribution in [-0.2, 0) is 6.54 Å². The summed E-state index contributed by atoms with van der Waals surface area (Å²) in [5.74, 6) is 0.967. The van der Waals surface area contributed by atoms with Crippen molar-refractivity contribution in [1.29, 1.82) is 0 Å². The predicted molar refractivity (Wildman–Crippen MR) is 73.0 cm³/mol. The molecule has 1 atom stereocenters. The van der Waals surface area contributed by atoms with Crippen molar-refractivity contribution in [3.05, 3.63) is 35.9 Å². The summed E-state index contributed by atoms with van der Waals surface area (Å²) in [6, 6.07) is 11.4. The molecule has 1 aliphatic carbocycles. The Morgan fingerprint density at radius 3 is 2.65 bits per heavy atom. The zero-order valence-corrected chi connectivity index (χ0v) is 11.0. The third-order valence-electron chi connectivity index (χ3n) is 3.81. The first-order chi connectivity index (χ1) is 8.27. The van der Waals surface area contributed by atoms with Crippen molar-refractivity contribution in [2.75, 3.05) is 20.1 Å². The lowest BCUT2D eigenvalue weighted by molar-refractivity contribution is 0.234. The lowest BCUT2D eigenvalue weighted by Gasteiger charge is -2.24. The first-order valence-electron chi connectivity index (χ1n) is 6.72. The number of nitrogens with one attached hydrogen (secondary N) is 1. The Labute approximate surface area is 105 Å². The van der Waals surface area contributed by atoms with Gasteiger partial charge in [-0.05, 0) is 38.3 Å².